The van der Waals surface area contributed by atoms with Gasteiger partial charge in [0.05, 0.1) is 5.69 Å². The van der Waals surface area contributed by atoms with Crippen LogP contribution < -0.4 is 9.80 Å². The number of carbonyl (C=O) groups is 2. The number of hydrogen-bond acceptors (Lipinski definition) is 12. The largest absolute Gasteiger partial charge is 0.443 e. The summed E-state index contributed by atoms with van der Waals surface area (Å²) < 4.78 is 85.8. The Balaban J connectivity index is 2.08. The van der Waals surface area contributed by atoms with E-state index in [9.17, 15) is 36.3 Å². The van der Waals surface area contributed by atoms with Crippen molar-refractivity contribution >= 4 is 33.5 Å². The molecule has 1 saturated heterocycles. The van der Waals surface area contributed by atoms with Crippen LogP contribution in [0.25, 0.3) is 11.6 Å². The zero-order valence-corrected chi connectivity index (χ0v) is 27.7. The van der Waals surface area contributed by atoms with Crippen molar-refractivity contribution < 1.29 is 50.2 Å². The lowest BCUT2D eigenvalue weighted by molar-refractivity contribution is -0.277. The van der Waals surface area contributed by atoms with Gasteiger partial charge < -0.3 is 23.9 Å². The Labute approximate surface area is 265 Å². The molecule has 17 heteroatoms. The Morgan fingerprint density at radius 1 is 1.00 bits per heavy atom. The van der Waals surface area contributed by atoms with Crippen molar-refractivity contribution in [2.45, 2.75) is 120 Å². The van der Waals surface area contributed by atoms with Gasteiger partial charge in [-0.15, -0.1) is 10.2 Å². The fraction of sp³-hybridized carbons (Fsp3) is 0.690. The molecular weight excluding hydrogens is 635 g/mol. The molecule has 2 atom stereocenters. The quantitative estimate of drug-likeness (QED) is 0.402. The maximum atomic E-state index is 14.3. The summed E-state index contributed by atoms with van der Waals surface area (Å²) in [7, 11) is -4.11. The van der Waals surface area contributed by atoms with Crippen molar-refractivity contribution in [3.05, 3.63) is 12.0 Å². The van der Waals surface area contributed by atoms with E-state index in [1.807, 2.05) is 0 Å². The van der Waals surface area contributed by atoms with E-state index in [1.165, 1.54) is 41.5 Å². The van der Waals surface area contributed by atoms with Gasteiger partial charge in [0, 0.05) is 18.8 Å². The van der Waals surface area contributed by atoms with Gasteiger partial charge in [0.2, 0.25) is 5.60 Å². The Kier molecular flexibility index (Phi) is 9.45. The third-order valence-corrected chi connectivity index (χ3v) is 8.52. The summed E-state index contributed by atoms with van der Waals surface area (Å²) in [5.41, 5.74) is -6.86. The number of hydrogen-bond donors (Lipinski definition) is 1. The number of aromatic nitrogens is 3. The molecule has 0 saturated carbocycles. The second kappa shape index (κ2) is 12.3. The number of pyridine rings is 1. The number of anilines is 2. The number of nitrogens with zero attached hydrogens (tertiary/aromatic N) is 5. The second-order valence-corrected chi connectivity index (χ2v) is 15.6. The van der Waals surface area contributed by atoms with Crippen molar-refractivity contribution in [3.8, 4) is 11.6 Å². The molecule has 2 aliphatic rings. The van der Waals surface area contributed by atoms with Crippen LogP contribution in [0.3, 0.4) is 0 Å². The average molecular weight is 676 g/mol. The number of ether oxygens (including phenoxy) is 2. The molecule has 4 heterocycles. The molecule has 4 bridgehead atoms. The fourth-order valence-corrected chi connectivity index (χ4v) is 6.20. The maximum Gasteiger partial charge on any atom is 0.426 e. The zero-order chi connectivity index (χ0) is 34.5. The van der Waals surface area contributed by atoms with Crippen molar-refractivity contribution in [2.24, 2.45) is 0 Å². The number of carbonyl (C=O) groups excluding carboxylic acids is 2. The van der Waals surface area contributed by atoms with E-state index in [0.717, 1.165) is 12.3 Å². The lowest BCUT2D eigenvalue weighted by Crippen LogP contribution is -2.44. The topological polar surface area (TPSA) is 165 Å². The van der Waals surface area contributed by atoms with E-state index in [2.05, 4.69) is 15.2 Å². The number of rotatable bonds is 2. The molecular formula is C29H40F3N5O8S. The van der Waals surface area contributed by atoms with Gasteiger partial charge in [0.15, 0.2) is 15.5 Å². The van der Waals surface area contributed by atoms with Gasteiger partial charge in [-0.25, -0.2) is 23.0 Å². The average Bonchev–Trinajstić information content (AvgIpc) is 3.55. The monoisotopic (exact) mass is 675 g/mol. The Morgan fingerprint density at radius 3 is 2.13 bits per heavy atom. The molecule has 4 rings (SSSR count). The lowest BCUT2D eigenvalue weighted by Gasteiger charge is -2.31. The Hall–Kier alpha value is -3.47. The van der Waals surface area contributed by atoms with Gasteiger partial charge in [-0.1, -0.05) is 12.8 Å². The number of amides is 2. The minimum Gasteiger partial charge on any atom is -0.443 e. The third kappa shape index (κ3) is 7.56. The number of fused-ring (bicyclic) bond motifs is 7. The molecule has 256 valence electrons. The zero-order valence-electron chi connectivity index (χ0n) is 26.9. The molecule has 46 heavy (non-hydrogen) atoms. The second-order valence-electron chi connectivity index (χ2n) is 13.6. The van der Waals surface area contributed by atoms with Crippen molar-refractivity contribution in [1.82, 2.24) is 15.2 Å². The Morgan fingerprint density at radius 2 is 1.59 bits per heavy atom. The van der Waals surface area contributed by atoms with E-state index in [-0.39, 0.29) is 23.2 Å². The number of halogens is 3. The first-order valence-corrected chi connectivity index (χ1v) is 16.8. The Bertz CT molecular complexity index is 1550. The molecule has 0 radical (unpaired) electrons. The van der Waals surface area contributed by atoms with Gasteiger partial charge in [-0.3, -0.25) is 0 Å². The maximum absolute atomic E-state index is 14.3. The molecule has 2 aromatic heterocycles. The minimum absolute atomic E-state index is 0.0190. The molecule has 0 spiro atoms. The van der Waals surface area contributed by atoms with E-state index in [0.29, 0.717) is 43.5 Å². The van der Waals surface area contributed by atoms with Crippen LogP contribution in [0.1, 0.15) is 92.4 Å². The molecule has 0 aliphatic carbocycles. The smallest absolute Gasteiger partial charge is 0.426 e. The number of sulfone groups is 1. The fourth-order valence-electron chi connectivity index (χ4n) is 5.38. The summed E-state index contributed by atoms with van der Waals surface area (Å²) in [5, 5.41) is 18.1. The first kappa shape index (κ1) is 35.4. The summed E-state index contributed by atoms with van der Waals surface area (Å²) in [4.78, 5) is 33.6. The minimum atomic E-state index is -5.20. The van der Waals surface area contributed by atoms with Gasteiger partial charge in [-0.2, -0.15) is 18.1 Å². The highest BCUT2D eigenvalue weighted by atomic mass is 32.2. The number of aliphatic hydroxyl groups is 1. The predicted molar refractivity (Wildman–Crippen MR) is 159 cm³/mol. The summed E-state index contributed by atoms with van der Waals surface area (Å²) in [6.07, 6.45) is -4.91. The standard InChI is InChI=1S/C29H40F3N5O8S/c1-26(2,3)44-24(38)37(25(39)45-27(4,5)6)18-16-19(46(7,41)42)21-33-20(18)22-34-35-23(43-22)28(40,29(30,31)32)14-10-8-9-12-17-13-11-15-36(17)21/h16-17,40H,8-15H2,1-7H3/t17-,28?/m1/s1. The summed E-state index contributed by atoms with van der Waals surface area (Å²) in [6.45, 7) is 9.60. The molecule has 2 amide bonds. The normalized spacial score (nSPS) is 21.3. The van der Waals surface area contributed by atoms with E-state index < -0.39 is 74.6 Å². The van der Waals surface area contributed by atoms with Gasteiger partial charge in [0.1, 0.15) is 21.9 Å². The van der Waals surface area contributed by atoms with Gasteiger partial charge in [0.25, 0.3) is 11.8 Å². The summed E-state index contributed by atoms with van der Waals surface area (Å²) >= 11 is 0. The van der Waals surface area contributed by atoms with Crippen LogP contribution in [-0.2, 0) is 24.9 Å². The lowest BCUT2D eigenvalue weighted by atomic mass is 9.94. The van der Waals surface area contributed by atoms with Crippen molar-refractivity contribution in [3.63, 3.8) is 0 Å². The predicted octanol–water partition coefficient (Wildman–Crippen LogP) is 5.89. The third-order valence-electron chi connectivity index (χ3n) is 7.42. The molecule has 1 N–H and O–H groups in total. The number of imide groups is 1. The number of alkyl halides is 3. The van der Waals surface area contributed by atoms with E-state index in [1.54, 1.807) is 4.90 Å². The summed E-state index contributed by atoms with van der Waals surface area (Å²) in [5.74, 6) is -1.94. The van der Waals surface area contributed by atoms with Crippen LogP contribution in [0.4, 0.5) is 34.3 Å². The highest BCUT2D eigenvalue weighted by Gasteiger charge is 2.58. The molecule has 2 aromatic rings. The first-order chi connectivity index (χ1) is 21.0. The van der Waals surface area contributed by atoms with Crippen LogP contribution in [0.2, 0.25) is 0 Å². The van der Waals surface area contributed by atoms with E-state index in [4.69, 9.17) is 13.9 Å². The van der Waals surface area contributed by atoms with Gasteiger partial charge >= 0.3 is 18.4 Å². The summed E-state index contributed by atoms with van der Waals surface area (Å²) in [6, 6.07) is 0.796. The van der Waals surface area contributed by atoms with Crippen LogP contribution >= 0.6 is 0 Å². The van der Waals surface area contributed by atoms with Gasteiger partial charge in [-0.05, 0) is 79.7 Å². The van der Waals surface area contributed by atoms with Crippen molar-refractivity contribution in [1.29, 1.82) is 0 Å². The molecule has 1 fully saturated rings. The SMILES string of the molecule is CC(C)(C)OC(=O)N(C(=O)OC(C)(C)C)c1cc(S(C)(=O)=O)c2nc1-c1nnc(o1)C(O)(C(F)(F)F)CCCCC[C@@H]1CCCN21. The highest BCUT2D eigenvalue weighted by Crippen LogP contribution is 2.45. The first-order valence-electron chi connectivity index (χ1n) is 14.9. The van der Waals surface area contributed by atoms with Crippen LogP contribution in [0.15, 0.2) is 15.4 Å². The van der Waals surface area contributed by atoms with Crippen LogP contribution in [0, 0.1) is 0 Å². The van der Waals surface area contributed by atoms with E-state index >= 15 is 0 Å². The van der Waals surface area contributed by atoms with Crippen LogP contribution in [-0.4, -0.2) is 77.1 Å². The molecule has 1 unspecified atom stereocenters. The van der Waals surface area contributed by atoms with Crippen molar-refractivity contribution in [2.75, 3.05) is 22.6 Å². The molecule has 0 aromatic carbocycles. The van der Waals surface area contributed by atoms with Crippen LogP contribution in [0.5, 0.6) is 0 Å². The molecule has 13 nitrogen and oxygen atoms in total. The highest BCUT2D eigenvalue weighted by molar-refractivity contribution is 7.90. The molecule has 2 aliphatic heterocycles.